The van der Waals surface area contributed by atoms with E-state index >= 15 is 0 Å². The van der Waals surface area contributed by atoms with Crippen LogP contribution in [0.2, 0.25) is 0 Å². The third-order valence-electron chi connectivity index (χ3n) is 3.31. The summed E-state index contributed by atoms with van der Waals surface area (Å²) in [7, 11) is 0. The van der Waals surface area contributed by atoms with Gasteiger partial charge in [-0.2, -0.15) is 0 Å². The topological polar surface area (TPSA) is 55.1 Å². The van der Waals surface area contributed by atoms with Gasteiger partial charge in [-0.05, 0) is 36.0 Å². The molecule has 2 unspecified atom stereocenters. The lowest BCUT2D eigenvalue weighted by Gasteiger charge is -2.20. The van der Waals surface area contributed by atoms with Crippen LogP contribution in [0.3, 0.4) is 0 Å². The summed E-state index contributed by atoms with van der Waals surface area (Å²) in [4.78, 5) is 12.0. The van der Waals surface area contributed by atoms with E-state index in [0.717, 1.165) is 12.0 Å². The fourth-order valence-electron chi connectivity index (χ4n) is 2.28. The molecule has 0 saturated carbocycles. The molecule has 0 fully saturated rings. The summed E-state index contributed by atoms with van der Waals surface area (Å²) in [6.07, 6.45) is 1.22. The number of nitrogens with two attached hydrogens (primary N) is 1. The zero-order valence-corrected chi connectivity index (χ0v) is 13.8. The maximum Gasteiger partial charge on any atom is 0.220 e. The van der Waals surface area contributed by atoms with Gasteiger partial charge in [0.05, 0.1) is 0 Å². The van der Waals surface area contributed by atoms with Gasteiger partial charge in [-0.25, -0.2) is 4.39 Å². The standard InChI is InChI=1S/C16H25FN2O.ClH/c1-11(2)7-15(10-18)19-16(20)8-12(3)13-5-4-6-14(17)9-13;/h4-6,9,11-12,15H,7-8,10,18H2,1-3H3,(H,19,20);1H. The first-order chi connectivity index (χ1) is 9.42. The summed E-state index contributed by atoms with van der Waals surface area (Å²) in [5.74, 6) is 0.180. The number of benzene rings is 1. The zero-order chi connectivity index (χ0) is 15.1. The summed E-state index contributed by atoms with van der Waals surface area (Å²) >= 11 is 0. The number of amides is 1. The molecule has 1 aromatic rings. The van der Waals surface area contributed by atoms with Crippen LogP contribution in [0.5, 0.6) is 0 Å². The smallest absolute Gasteiger partial charge is 0.220 e. The predicted molar refractivity (Wildman–Crippen MR) is 87.1 cm³/mol. The predicted octanol–water partition coefficient (Wildman–Crippen LogP) is 3.23. The first kappa shape index (κ1) is 19.9. The molecule has 0 aliphatic rings. The van der Waals surface area contributed by atoms with Crippen LogP contribution >= 0.6 is 12.4 Å². The molecule has 0 radical (unpaired) electrons. The Hall–Kier alpha value is -1.13. The Morgan fingerprint density at radius 1 is 1.33 bits per heavy atom. The highest BCUT2D eigenvalue weighted by Gasteiger charge is 2.16. The number of hydrogen-bond acceptors (Lipinski definition) is 2. The van der Waals surface area contributed by atoms with E-state index in [1.807, 2.05) is 13.0 Å². The summed E-state index contributed by atoms with van der Waals surface area (Å²) in [6, 6.07) is 6.41. The van der Waals surface area contributed by atoms with Crippen molar-refractivity contribution in [2.75, 3.05) is 6.54 Å². The molecule has 0 heterocycles. The van der Waals surface area contributed by atoms with Gasteiger partial charge < -0.3 is 11.1 Å². The van der Waals surface area contributed by atoms with E-state index in [1.54, 1.807) is 6.07 Å². The molecular formula is C16H26ClFN2O. The molecule has 3 N–H and O–H groups in total. The van der Waals surface area contributed by atoms with Gasteiger partial charge in [-0.1, -0.05) is 32.9 Å². The van der Waals surface area contributed by atoms with Crippen molar-refractivity contribution in [2.45, 2.75) is 45.6 Å². The first-order valence-electron chi connectivity index (χ1n) is 7.17. The number of hydrogen-bond donors (Lipinski definition) is 2. The van der Waals surface area contributed by atoms with Crippen LogP contribution in [0.15, 0.2) is 24.3 Å². The second-order valence-electron chi connectivity index (χ2n) is 5.79. The molecule has 0 aliphatic heterocycles. The maximum absolute atomic E-state index is 13.2. The Morgan fingerprint density at radius 3 is 2.52 bits per heavy atom. The Kier molecular flexibility index (Phi) is 9.22. The van der Waals surface area contributed by atoms with Gasteiger partial charge in [-0.15, -0.1) is 12.4 Å². The summed E-state index contributed by atoms with van der Waals surface area (Å²) in [5, 5.41) is 2.96. The molecule has 0 bridgehead atoms. The van der Waals surface area contributed by atoms with Crippen molar-refractivity contribution in [3.8, 4) is 0 Å². The Labute approximate surface area is 132 Å². The van der Waals surface area contributed by atoms with E-state index in [2.05, 4.69) is 19.2 Å². The molecule has 1 amide bonds. The average molecular weight is 317 g/mol. The Balaban J connectivity index is 0.00000400. The lowest BCUT2D eigenvalue weighted by molar-refractivity contribution is -0.122. The van der Waals surface area contributed by atoms with Crippen LogP contribution in [0.25, 0.3) is 0 Å². The minimum absolute atomic E-state index is 0. The highest BCUT2D eigenvalue weighted by Crippen LogP contribution is 2.19. The van der Waals surface area contributed by atoms with E-state index in [9.17, 15) is 9.18 Å². The van der Waals surface area contributed by atoms with E-state index in [4.69, 9.17) is 5.73 Å². The first-order valence-corrected chi connectivity index (χ1v) is 7.17. The number of halogens is 2. The lowest BCUT2D eigenvalue weighted by atomic mass is 9.97. The van der Waals surface area contributed by atoms with Crippen molar-refractivity contribution in [3.63, 3.8) is 0 Å². The molecule has 0 aliphatic carbocycles. The minimum Gasteiger partial charge on any atom is -0.352 e. The van der Waals surface area contributed by atoms with Crippen LogP contribution in [0.4, 0.5) is 4.39 Å². The van der Waals surface area contributed by atoms with Gasteiger partial charge in [0.25, 0.3) is 0 Å². The van der Waals surface area contributed by atoms with Crippen molar-refractivity contribution in [1.29, 1.82) is 0 Å². The number of nitrogens with one attached hydrogen (secondary N) is 1. The van der Waals surface area contributed by atoms with Crippen LogP contribution in [0, 0.1) is 11.7 Å². The van der Waals surface area contributed by atoms with Gasteiger partial charge >= 0.3 is 0 Å². The fourth-order valence-corrected chi connectivity index (χ4v) is 2.28. The maximum atomic E-state index is 13.2. The second-order valence-corrected chi connectivity index (χ2v) is 5.79. The van der Waals surface area contributed by atoms with Gasteiger partial charge in [0.1, 0.15) is 5.82 Å². The molecule has 0 spiro atoms. The molecule has 3 nitrogen and oxygen atoms in total. The highest BCUT2D eigenvalue weighted by atomic mass is 35.5. The number of carbonyl (C=O) groups excluding carboxylic acids is 1. The SMILES string of the molecule is CC(C)CC(CN)NC(=O)CC(C)c1cccc(F)c1.Cl. The largest absolute Gasteiger partial charge is 0.352 e. The summed E-state index contributed by atoms with van der Waals surface area (Å²) in [6.45, 7) is 6.57. The van der Waals surface area contributed by atoms with Crippen molar-refractivity contribution in [1.82, 2.24) is 5.32 Å². The molecule has 21 heavy (non-hydrogen) atoms. The summed E-state index contributed by atoms with van der Waals surface area (Å²) in [5.41, 5.74) is 6.51. The number of rotatable bonds is 7. The van der Waals surface area contributed by atoms with Crippen molar-refractivity contribution >= 4 is 18.3 Å². The summed E-state index contributed by atoms with van der Waals surface area (Å²) < 4.78 is 13.2. The van der Waals surface area contributed by atoms with E-state index < -0.39 is 0 Å². The number of carbonyl (C=O) groups is 1. The third-order valence-corrected chi connectivity index (χ3v) is 3.31. The quantitative estimate of drug-likeness (QED) is 0.811. The van der Waals surface area contributed by atoms with Gasteiger partial charge in [0.2, 0.25) is 5.91 Å². The van der Waals surface area contributed by atoms with Crippen molar-refractivity contribution in [3.05, 3.63) is 35.6 Å². The van der Waals surface area contributed by atoms with Gasteiger partial charge in [0.15, 0.2) is 0 Å². The van der Waals surface area contributed by atoms with Crippen LogP contribution in [-0.2, 0) is 4.79 Å². The van der Waals surface area contributed by atoms with Gasteiger partial charge in [0, 0.05) is 19.0 Å². The lowest BCUT2D eigenvalue weighted by Crippen LogP contribution is -2.41. The molecule has 5 heteroatoms. The molecule has 1 aromatic carbocycles. The normalized spacial score (nSPS) is 13.4. The van der Waals surface area contributed by atoms with Gasteiger partial charge in [-0.3, -0.25) is 4.79 Å². The van der Waals surface area contributed by atoms with Crippen LogP contribution < -0.4 is 11.1 Å². The third kappa shape index (κ3) is 7.44. The monoisotopic (exact) mass is 316 g/mol. The molecule has 1 rings (SSSR count). The van der Waals surface area contributed by atoms with Crippen molar-refractivity contribution in [2.24, 2.45) is 11.7 Å². The minimum atomic E-state index is -0.269. The Bertz CT molecular complexity index is 440. The fraction of sp³-hybridized carbons (Fsp3) is 0.562. The molecule has 0 saturated heterocycles. The van der Waals surface area contributed by atoms with E-state index in [-0.39, 0.29) is 36.1 Å². The molecular weight excluding hydrogens is 291 g/mol. The average Bonchev–Trinajstić information content (AvgIpc) is 2.37. The van der Waals surface area contributed by atoms with Crippen molar-refractivity contribution < 1.29 is 9.18 Å². The molecule has 2 atom stereocenters. The van der Waals surface area contributed by atoms with E-state index in [1.165, 1.54) is 12.1 Å². The van der Waals surface area contributed by atoms with Crippen LogP contribution in [-0.4, -0.2) is 18.5 Å². The molecule has 0 aromatic heterocycles. The zero-order valence-electron chi connectivity index (χ0n) is 12.9. The highest BCUT2D eigenvalue weighted by molar-refractivity contribution is 5.85. The molecule has 120 valence electrons. The van der Waals surface area contributed by atoms with E-state index in [0.29, 0.717) is 18.9 Å². The Morgan fingerprint density at radius 2 is 2.00 bits per heavy atom. The van der Waals surface area contributed by atoms with Crippen LogP contribution in [0.1, 0.15) is 45.1 Å². The second kappa shape index (κ2) is 9.74.